The third kappa shape index (κ3) is 7.29. The summed E-state index contributed by atoms with van der Waals surface area (Å²) >= 11 is 6.46. The number of hydrogen-bond donors (Lipinski definition) is 2. The molecule has 0 aliphatic carbocycles. The first-order chi connectivity index (χ1) is 11.8. The number of benzene rings is 1. The van der Waals surface area contributed by atoms with Crippen molar-refractivity contribution < 1.29 is 4.74 Å². The van der Waals surface area contributed by atoms with Gasteiger partial charge < -0.3 is 15.4 Å². The lowest BCUT2D eigenvalue weighted by Gasteiger charge is -2.34. The van der Waals surface area contributed by atoms with Crippen LogP contribution in [0.4, 0.5) is 0 Å². The van der Waals surface area contributed by atoms with E-state index < -0.39 is 0 Å². The molecule has 0 amide bonds. The van der Waals surface area contributed by atoms with Crippen LogP contribution in [0.5, 0.6) is 0 Å². The van der Waals surface area contributed by atoms with Crippen LogP contribution < -0.4 is 10.6 Å². The Bertz CT molecular complexity index is 524. The van der Waals surface area contributed by atoms with Gasteiger partial charge in [-0.1, -0.05) is 36.7 Å². The van der Waals surface area contributed by atoms with Crippen molar-refractivity contribution in [2.45, 2.75) is 26.3 Å². The van der Waals surface area contributed by atoms with Gasteiger partial charge in [0.15, 0.2) is 5.96 Å². The highest BCUT2D eigenvalue weighted by atomic mass is 127. The normalized spacial score (nSPS) is 16.8. The Labute approximate surface area is 173 Å². The van der Waals surface area contributed by atoms with Crippen molar-refractivity contribution in [3.8, 4) is 0 Å². The Morgan fingerprint density at radius 2 is 1.96 bits per heavy atom. The van der Waals surface area contributed by atoms with Crippen LogP contribution in [0.3, 0.4) is 0 Å². The average molecular weight is 481 g/mol. The molecule has 142 valence electrons. The number of rotatable bonds is 7. The van der Waals surface area contributed by atoms with Gasteiger partial charge in [-0.15, -0.1) is 24.0 Å². The maximum Gasteiger partial charge on any atom is 0.191 e. The van der Waals surface area contributed by atoms with Gasteiger partial charge in [-0.2, -0.15) is 0 Å². The molecule has 2 rings (SSSR count). The molecule has 7 heteroatoms. The molecule has 2 N–H and O–H groups in total. The summed E-state index contributed by atoms with van der Waals surface area (Å²) in [6.45, 7) is 10.0. The quantitative estimate of drug-likeness (QED) is 0.357. The molecule has 0 spiro atoms. The first-order valence-electron chi connectivity index (χ1n) is 8.84. The molecule has 25 heavy (non-hydrogen) atoms. The van der Waals surface area contributed by atoms with Gasteiger partial charge in [-0.05, 0) is 25.0 Å². The van der Waals surface area contributed by atoms with Crippen LogP contribution in [0.2, 0.25) is 5.02 Å². The van der Waals surface area contributed by atoms with E-state index in [-0.39, 0.29) is 30.0 Å². The number of aliphatic imine (C=N–C) groups is 1. The molecule has 0 saturated carbocycles. The Kier molecular flexibility index (Phi) is 11.4. The Hall–Kier alpha value is -0.570. The second-order valence-corrected chi connectivity index (χ2v) is 6.24. The summed E-state index contributed by atoms with van der Waals surface area (Å²) in [4.78, 5) is 7.21. The van der Waals surface area contributed by atoms with Crippen molar-refractivity contribution in [1.29, 1.82) is 0 Å². The van der Waals surface area contributed by atoms with Gasteiger partial charge in [0, 0.05) is 31.2 Å². The molecule has 1 saturated heterocycles. The van der Waals surface area contributed by atoms with E-state index in [1.807, 2.05) is 18.2 Å². The minimum Gasteiger partial charge on any atom is -0.379 e. The lowest BCUT2D eigenvalue weighted by molar-refractivity contribution is 0.0180. The second-order valence-electron chi connectivity index (χ2n) is 5.83. The predicted molar refractivity (Wildman–Crippen MR) is 116 cm³/mol. The molecule has 1 aromatic rings. The molecule has 1 unspecified atom stereocenters. The van der Waals surface area contributed by atoms with E-state index in [0.29, 0.717) is 6.54 Å². The van der Waals surface area contributed by atoms with Crippen LogP contribution in [0.15, 0.2) is 29.3 Å². The van der Waals surface area contributed by atoms with Gasteiger partial charge in [-0.3, -0.25) is 9.89 Å². The van der Waals surface area contributed by atoms with E-state index in [1.165, 1.54) is 0 Å². The van der Waals surface area contributed by atoms with Crippen molar-refractivity contribution in [2.24, 2.45) is 4.99 Å². The number of morpholine rings is 1. The number of nitrogens with one attached hydrogen (secondary N) is 2. The summed E-state index contributed by atoms with van der Waals surface area (Å²) < 4.78 is 5.50. The van der Waals surface area contributed by atoms with Crippen LogP contribution >= 0.6 is 35.6 Å². The molecule has 1 aliphatic rings. The number of guanidine groups is 1. The lowest BCUT2D eigenvalue weighted by atomic mass is 10.0. The van der Waals surface area contributed by atoms with Crippen molar-refractivity contribution in [1.82, 2.24) is 15.5 Å². The van der Waals surface area contributed by atoms with Gasteiger partial charge in [0.05, 0.1) is 25.8 Å². The first-order valence-corrected chi connectivity index (χ1v) is 9.22. The van der Waals surface area contributed by atoms with Crippen LogP contribution in [-0.2, 0) is 4.74 Å². The molecule has 0 bridgehead atoms. The molecule has 1 atom stereocenters. The summed E-state index contributed by atoms with van der Waals surface area (Å²) in [7, 11) is 0. The SMILES string of the molecule is CCCNC(=NCC(c1ccccc1Cl)N1CCOCC1)NCC.I. The van der Waals surface area contributed by atoms with E-state index in [1.54, 1.807) is 0 Å². The fraction of sp³-hybridized carbons (Fsp3) is 0.611. The highest BCUT2D eigenvalue weighted by Crippen LogP contribution is 2.28. The monoisotopic (exact) mass is 480 g/mol. The summed E-state index contributed by atoms with van der Waals surface area (Å²) in [5.74, 6) is 0.865. The highest BCUT2D eigenvalue weighted by molar-refractivity contribution is 14.0. The largest absolute Gasteiger partial charge is 0.379 e. The van der Waals surface area contributed by atoms with E-state index >= 15 is 0 Å². The standard InChI is InChI=1S/C18H29ClN4O.HI/c1-3-9-21-18(20-4-2)22-14-17(23-10-12-24-13-11-23)15-7-5-6-8-16(15)19;/h5-8,17H,3-4,9-14H2,1-2H3,(H2,20,21,22);1H. The van der Waals surface area contributed by atoms with Crippen molar-refractivity contribution in [3.05, 3.63) is 34.9 Å². The highest BCUT2D eigenvalue weighted by Gasteiger charge is 2.24. The molecular weight excluding hydrogens is 451 g/mol. The summed E-state index contributed by atoms with van der Waals surface area (Å²) in [6.07, 6.45) is 1.07. The van der Waals surface area contributed by atoms with Gasteiger partial charge in [-0.25, -0.2) is 0 Å². The first kappa shape index (κ1) is 22.5. The summed E-state index contributed by atoms with van der Waals surface area (Å²) in [5.41, 5.74) is 1.14. The van der Waals surface area contributed by atoms with Gasteiger partial charge >= 0.3 is 0 Å². The zero-order valence-electron chi connectivity index (χ0n) is 15.1. The zero-order valence-corrected chi connectivity index (χ0v) is 18.2. The molecule has 1 aromatic carbocycles. The van der Waals surface area contributed by atoms with Crippen molar-refractivity contribution in [3.63, 3.8) is 0 Å². The molecule has 5 nitrogen and oxygen atoms in total. The smallest absolute Gasteiger partial charge is 0.191 e. The summed E-state index contributed by atoms with van der Waals surface area (Å²) in [5, 5.41) is 7.46. The van der Waals surface area contributed by atoms with Crippen LogP contribution in [0.25, 0.3) is 0 Å². The minimum absolute atomic E-state index is 0. The fourth-order valence-corrected chi connectivity index (χ4v) is 3.07. The van der Waals surface area contributed by atoms with Gasteiger partial charge in [0.2, 0.25) is 0 Å². The van der Waals surface area contributed by atoms with Crippen molar-refractivity contribution >= 4 is 41.5 Å². The van der Waals surface area contributed by atoms with Crippen LogP contribution in [0, 0.1) is 0 Å². The predicted octanol–water partition coefficient (Wildman–Crippen LogP) is 3.30. The van der Waals surface area contributed by atoms with E-state index in [4.69, 9.17) is 21.3 Å². The third-order valence-electron chi connectivity index (χ3n) is 4.06. The molecule has 1 fully saturated rings. The maximum absolute atomic E-state index is 6.46. The average Bonchev–Trinajstić information content (AvgIpc) is 2.62. The van der Waals surface area contributed by atoms with Crippen LogP contribution in [0.1, 0.15) is 31.9 Å². The van der Waals surface area contributed by atoms with E-state index in [0.717, 1.165) is 62.4 Å². The Morgan fingerprint density at radius 1 is 1.24 bits per heavy atom. The number of halogens is 2. The number of ether oxygens (including phenoxy) is 1. The summed E-state index contributed by atoms with van der Waals surface area (Å²) in [6, 6.07) is 8.23. The van der Waals surface area contributed by atoms with E-state index in [9.17, 15) is 0 Å². The van der Waals surface area contributed by atoms with Gasteiger partial charge in [0.1, 0.15) is 0 Å². The number of nitrogens with zero attached hydrogens (tertiary/aromatic N) is 2. The molecular formula is C18H30ClIN4O. The lowest BCUT2D eigenvalue weighted by Crippen LogP contribution is -2.42. The maximum atomic E-state index is 6.46. The minimum atomic E-state index is 0. The number of hydrogen-bond acceptors (Lipinski definition) is 3. The Balaban J connectivity index is 0.00000312. The van der Waals surface area contributed by atoms with Gasteiger partial charge in [0.25, 0.3) is 0 Å². The Morgan fingerprint density at radius 3 is 2.60 bits per heavy atom. The molecule has 1 aliphatic heterocycles. The van der Waals surface area contributed by atoms with Crippen molar-refractivity contribution in [2.75, 3.05) is 45.9 Å². The topological polar surface area (TPSA) is 48.9 Å². The molecule has 1 heterocycles. The fourth-order valence-electron chi connectivity index (χ4n) is 2.81. The second kappa shape index (κ2) is 12.7. The third-order valence-corrected chi connectivity index (χ3v) is 4.40. The van der Waals surface area contributed by atoms with Crippen LogP contribution in [-0.4, -0.2) is 56.8 Å². The molecule has 0 radical (unpaired) electrons. The zero-order chi connectivity index (χ0) is 17.2. The molecule has 0 aromatic heterocycles. The van der Waals surface area contributed by atoms with E-state index in [2.05, 4.69) is 35.4 Å².